The molecule has 3 aromatic rings. The molecule has 0 amide bonds. The molecule has 4 heterocycles. The summed E-state index contributed by atoms with van der Waals surface area (Å²) in [4.78, 5) is 13.2. The summed E-state index contributed by atoms with van der Waals surface area (Å²) in [6.07, 6.45) is 14.5. The molecule has 0 saturated heterocycles. The van der Waals surface area contributed by atoms with Crippen LogP contribution in [-0.2, 0) is 4.75 Å². The number of thioether (sulfide) groups is 1. The molecule has 0 atom stereocenters. The fourth-order valence-electron chi connectivity index (χ4n) is 4.87. The Kier molecular flexibility index (Phi) is 8.66. The first-order valence-corrected chi connectivity index (χ1v) is 15.5. The van der Waals surface area contributed by atoms with Crippen LogP contribution in [0.5, 0.6) is 0 Å². The summed E-state index contributed by atoms with van der Waals surface area (Å²) in [6, 6.07) is 9.14. The van der Waals surface area contributed by atoms with Gasteiger partial charge in [-0.15, -0.1) is 34.0 Å². The Morgan fingerprint density at radius 1 is 0.750 bits per heavy atom. The van der Waals surface area contributed by atoms with Crippen LogP contribution in [0.4, 0.5) is 0 Å². The third-order valence-corrected chi connectivity index (χ3v) is 11.2. The quantitative estimate of drug-likeness (QED) is 0.217. The van der Waals surface area contributed by atoms with Crippen molar-refractivity contribution in [3.05, 3.63) is 61.4 Å². The number of thiophene rings is 2. The fourth-order valence-corrected chi connectivity index (χ4v) is 9.54. The van der Waals surface area contributed by atoms with Gasteiger partial charge in [0.1, 0.15) is 14.8 Å². The molecule has 32 heavy (non-hydrogen) atoms. The van der Waals surface area contributed by atoms with E-state index in [1.807, 2.05) is 40.6 Å². The monoisotopic (exact) mass is 502 g/mol. The molecule has 0 spiro atoms. The Labute approximate surface area is 209 Å². The molecule has 0 saturated carbocycles. The van der Waals surface area contributed by atoms with Gasteiger partial charge in [-0.3, -0.25) is 4.99 Å². The van der Waals surface area contributed by atoms with Crippen molar-refractivity contribution in [1.82, 2.24) is 4.98 Å². The summed E-state index contributed by atoms with van der Waals surface area (Å²) in [5.74, 6) is 0. The summed E-state index contributed by atoms with van der Waals surface area (Å²) >= 11 is 7.51. The fraction of sp³-hybridized carbons (Fsp3) is 0.538. The lowest BCUT2D eigenvalue weighted by Gasteiger charge is -2.43. The summed E-state index contributed by atoms with van der Waals surface area (Å²) in [5.41, 5.74) is -0.115. The number of thiazole rings is 1. The van der Waals surface area contributed by atoms with E-state index in [1.54, 1.807) is 11.3 Å². The van der Waals surface area contributed by atoms with Crippen LogP contribution in [0.3, 0.4) is 0 Å². The van der Waals surface area contributed by atoms with E-state index in [0.717, 1.165) is 22.9 Å². The van der Waals surface area contributed by atoms with Gasteiger partial charge in [-0.2, -0.15) is 0 Å². The number of hydrogen-bond acceptors (Lipinski definition) is 6. The van der Waals surface area contributed by atoms with E-state index in [2.05, 4.69) is 59.2 Å². The van der Waals surface area contributed by atoms with Crippen LogP contribution in [0.2, 0.25) is 0 Å². The first-order chi connectivity index (χ1) is 15.8. The van der Waals surface area contributed by atoms with E-state index >= 15 is 0 Å². The second kappa shape index (κ2) is 11.5. The lowest BCUT2D eigenvalue weighted by Crippen LogP contribution is -2.45. The first kappa shape index (κ1) is 24.2. The largest absolute Gasteiger partial charge is 0.266 e. The molecule has 172 valence electrons. The number of aromatic nitrogens is 1. The highest BCUT2D eigenvalue weighted by atomic mass is 32.2. The second-order valence-electron chi connectivity index (χ2n) is 8.64. The minimum Gasteiger partial charge on any atom is -0.266 e. The molecule has 1 aliphatic rings. The van der Waals surface area contributed by atoms with Crippen molar-refractivity contribution in [2.75, 3.05) is 0 Å². The zero-order chi connectivity index (χ0) is 22.3. The van der Waals surface area contributed by atoms with Gasteiger partial charge >= 0.3 is 0 Å². The third-order valence-electron chi connectivity index (χ3n) is 6.46. The van der Waals surface area contributed by atoms with Gasteiger partial charge in [-0.1, -0.05) is 89.1 Å². The standard InChI is InChI=1S/C26H34N2S4/c1-3-5-7-9-15-25(16-10-8-6-4-2)26(21-13-11-18-29-21,22-14-12-19-30-22)32-24(28-25)23-27-17-20-31-23/h11-14,17-20H,3-10,15-16H2,1-2H3. The smallest absolute Gasteiger partial charge is 0.147 e. The Bertz CT molecular complexity index is 896. The van der Waals surface area contributed by atoms with E-state index in [9.17, 15) is 0 Å². The minimum absolute atomic E-state index is 0.115. The molecule has 0 aromatic carbocycles. The van der Waals surface area contributed by atoms with Gasteiger partial charge in [-0.05, 0) is 35.7 Å². The summed E-state index contributed by atoms with van der Waals surface area (Å²) < 4.78 is -0.144. The van der Waals surface area contributed by atoms with Gasteiger partial charge in [-0.25, -0.2) is 4.98 Å². The summed E-state index contributed by atoms with van der Waals surface area (Å²) in [5, 5.41) is 8.79. The van der Waals surface area contributed by atoms with Crippen LogP contribution in [-0.4, -0.2) is 15.6 Å². The van der Waals surface area contributed by atoms with E-state index in [1.165, 1.54) is 61.1 Å². The number of nitrogens with zero attached hydrogens (tertiary/aromatic N) is 2. The van der Waals surface area contributed by atoms with Crippen LogP contribution in [0, 0.1) is 0 Å². The van der Waals surface area contributed by atoms with Crippen molar-refractivity contribution >= 4 is 50.8 Å². The predicted molar refractivity (Wildman–Crippen MR) is 146 cm³/mol. The number of rotatable bonds is 13. The van der Waals surface area contributed by atoms with E-state index in [0.29, 0.717) is 0 Å². The molecule has 0 bridgehead atoms. The highest BCUT2D eigenvalue weighted by Crippen LogP contribution is 2.63. The Hall–Kier alpha value is -0.950. The molecular weight excluding hydrogens is 469 g/mol. The van der Waals surface area contributed by atoms with Gasteiger partial charge in [0.2, 0.25) is 0 Å². The second-order valence-corrected chi connectivity index (χ2v) is 12.6. The van der Waals surface area contributed by atoms with Gasteiger partial charge in [0.15, 0.2) is 0 Å². The lowest BCUT2D eigenvalue weighted by molar-refractivity contribution is 0.294. The Morgan fingerprint density at radius 2 is 1.38 bits per heavy atom. The molecule has 0 radical (unpaired) electrons. The van der Waals surface area contributed by atoms with Gasteiger partial charge in [0, 0.05) is 21.3 Å². The van der Waals surface area contributed by atoms with Gasteiger partial charge < -0.3 is 0 Å². The van der Waals surface area contributed by atoms with Crippen LogP contribution in [0.1, 0.15) is 92.8 Å². The third kappa shape index (κ3) is 4.79. The van der Waals surface area contributed by atoms with Crippen LogP contribution in [0.15, 0.2) is 51.6 Å². The predicted octanol–water partition coefficient (Wildman–Crippen LogP) is 9.38. The van der Waals surface area contributed by atoms with Crippen molar-refractivity contribution in [2.24, 2.45) is 4.99 Å². The van der Waals surface area contributed by atoms with Crippen molar-refractivity contribution < 1.29 is 0 Å². The molecule has 2 nitrogen and oxygen atoms in total. The zero-order valence-corrected chi connectivity index (χ0v) is 22.5. The SMILES string of the molecule is CCCCCCC1(CCCCCC)N=C(c2nccs2)SC1(c1cccs1)c1cccs1. The average Bonchev–Trinajstić information content (AvgIpc) is 3.61. The summed E-state index contributed by atoms with van der Waals surface area (Å²) in [7, 11) is 0. The molecule has 0 fully saturated rings. The average molecular weight is 503 g/mol. The van der Waals surface area contributed by atoms with Gasteiger partial charge in [0.05, 0.1) is 5.54 Å². The highest BCUT2D eigenvalue weighted by molar-refractivity contribution is 8.16. The van der Waals surface area contributed by atoms with Crippen LogP contribution in [0.25, 0.3) is 0 Å². The molecule has 0 unspecified atom stereocenters. The molecule has 1 aliphatic heterocycles. The molecule has 6 heteroatoms. The number of hydrogen-bond donors (Lipinski definition) is 0. The number of unbranched alkanes of at least 4 members (excludes halogenated alkanes) is 6. The van der Waals surface area contributed by atoms with Crippen molar-refractivity contribution in [1.29, 1.82) is 0 Å². The van der Waals surface area contributed by atoms with Crippen LogP contribution >= 0.6 is 45.8 Å². The van der Waals surface area contributed by atoms with Crippen molar-refractivity contribution in [3.8, 4) is 0 Å². The number of aliphatic imine (C=N–C) groups is 1. The molecule has 0 aliphatic carbocycles. The molecule has 3 aromatic heterocycles. The maximum absolute atomic E-state index is 5.66. The summed E-state index contributed by atoms with van der Waals surface area (Å²) in [6.45, 7) is 4.60. The Balaban J connectivity index is 1.82. The minimum atomic E-state index is -0.144. The van der Waals surface area contributed by atoms with E-state index in [4.69, 9.17) is 4.99 Å². The van der Waals surface area contributed by atoms with E-state index < -0.39 is 0 Å². The van der Waals surface area contributed by atoms with Gasteiger partial charge in [0.25, 0.3) is 0 Å². The Morgan fingerprint density at radius 3 is 1.84 bits per heavy atom. The van der Waals surface area contributed by atoms with E-state index in [-0.39, 0.29) is 10.3 Å². The van der Waals surface area contributed by atoms with Crippen LogP contribution < -0.4 is 0 Å². The lowest BCUT2D eigenvalue weighted by atomic mass is 9.74. The zero-order valence-electron chi connectivity index (χ0n) is 19.2. The highest BCUT2D eigenvalue weighted by Gasteiger charge is 2.59. The normalized spacial score (nSPS) is 17.0. The molecule has 4 rings (SSSR count). The molecular formula is C26H34N2S4. The first-order valence-electron chi connectivity index (χ1n) is 12.0. The maximum atomic E-state index is 5.66. The molecule has 0 N–H and O–H groups in total. The van der Waals surface area contributed by atoms with Crippen molar-refractivity contribution in [2.45, 2.75) is 88.3 Å². The topological polar surface area (TPSA) is 25.2 Å². The van der Waals surface area contributed by atoms with Crippen molar-refractivity contribution in [3.63, 3.8) is 0 Å². The maximum Gasteiger partial charge on any atom is 0.147 e.